The average Bonchev–Trinajstić information content (AvgIpc) is 2.39. The van der Waals surface area contributed by atoms with E-state index in [2.05, 4.69) is 22.2 Å². The largest absolute Gasteiger partial charge is 0.381 e. The highest BCUT2D eigenvalue weighted by molar-refractivity contribution is 5.35. The van der Waals surface area contributed by atoms with Gasteiger partial charge in [-0.15, -0.1) is 0 Å². The fourth-order valence-corrected chi connectivity index (χ4v) is 1.95. The van der Waals surface area contributed by atoms with E-state index in [9.17, 15) is 0 Å². The number of anilines is 1. The zero-order chi connectivity index (χ0) is 11.4. The Morgan fingerprint density at radius 3 is 3.00 bits per heavy atom. The van der Waals surface area contributed by atoms with Crippen LogP contribution in [0.1, 0.15) is 37.2 Å². The van der Waals surface area contributed by atoms with Crippen LogP contribution < -0.4 is 5.32 Å². The summed E-state index contributed by atoms with van der Waals surface area (Å²) in [6, 6.07) is 2.01. The van der Waals surface area contributed by atoms with Crippen molar-refractivity contribution in [2.24, 2.45) is 0 Å². The van der Waals surface area contributed by atoms with Crippen molar-refractivity contribution in [3.8, 4) is 0 Å². The first-order valence-electron chi connectivity index (χ1n) is 5.96. The first-order chi connectivity index (χ1) is 7.83. The van der Waals surface area contributed by atoms with Crippen LogP contribution in [0.5, 0.6) is 0 Å². The summed E-state index contributed by atoms with van der Waals surface area (Å²) in [6.07, 6.45) is 3.19. The Bertz CT molecular complexity index is 326. The summed E-state index contributed by atoms with van der Waals surface area (Å²) < 4.78 is 5.48. The zero-order valence-electron chi connectivity index (χ0n) is 9.99. The molecule has 1 unspecified atom stereocenters. The maximum absolute atomic E-state index is 5.48. The molecule has 2 heterocycles. The van der Waals surface area contributed by atoms with Crippen LogP contribution in [0.3, 0.4) is 0 Å². The molecule has 0 aromatic carbocycles. The third kappa shape index (κ3) is 2.50. The number of rotatable bonds is 3. The molecule has 2 rings (SSSR count). The van der Waals surface area contributed by atoms with Crippen molar-refractivity contribution in [3.05, 3.63) is 17.6 Å². The predicted octanol–water partition coefficient (Wildman–Crippen LogP) is 1.97. The fourth-order valence-electron chi connectivity index (χ4n) is 1.95. The number of hydrogen-bond donors (Lipinski definition) is 1. The maximum atomic E-state index is 5.48. The first-order valence-corrected chi connectivity index (χ1v) is 5.96. The summed E-state index contributed by atoms with van der Waals surface area (Å²) in [5.41, 5.74) is 1.10. The summed E-state index contributed by atoms with van der Waals surface area (Å²) in [7, 11) is 1.89. The van der Waals surface area contributed by atoms with Crippen LogP contribution in [0.15, 0.2) is 6.07 Å². The van der Waals surface area contributed by atoms with Gasteiger partial charge in [0.25, 0.3) is 0 Å². The molecule has 0 aliphatic carbocycles. The summed E-state index contributed by atoms with van der Waals surface area (Å²) in [5.74, 6) is 2.21. The highest BCUT2D eigenvalue weighted by atomic mass is 16.5. The summed E-state index contributed by atoms with van der Waals surface area (Å²) in [5, 5.41) is 3.09. The molecule has 1 aliphatic heterocycles. The molecule has 1 aliphatic rings. The lowest BCUT2D eigenvalue weighted by molar-refractivity contribution is 0.0780. The molecule has 0 amide bonds. The van der Waals surface area contributed by atoms with Gasteiger partial charge in [-0.1, -0.05) is 6.92 Å². The van der Waals surface area contributed by atoms with E-state index >= 15 is 0 Å². The van der Waals surface area contributed by atoms with Crippen LogP contribution in [0.2, 0.25) is 0 Å². The average molecular weight is 221 g/mol. The number of nitrogens with zero attached hydrogens (tertiary/aromatic N) is 2. The van der Waals surface area contributed by atoms with E-state index in [0.29, 0.717) is 5.92 Å². The van der Waals surface area contributed by atoms with Gasteiger partial charge in [-0.25, -0.2) is 9.97 Å². The molecular weight excluding hydrogens is 202 g/mol. The van der Waals surface area contributed by atoms with E-state index in [1.54, 1.807) is 0 Å². The molecule has 1 atom stereocenters. The lowest BCUT2D eigenvalue weighted by atomic mass is 10.0. The van der Waals surface area contributed by atoms with Crippen molar-refractivity contribution in [1.29, 1.82) is 0 Å². The quantitative estimate of drug-likeness (QED) is 0.847. The molecular formula is C12H19N3O. The molecule has 88 valence electrons. The van der Waals surface area contributed by atoms with Gasteiger partial charge in [0.15, 0.2) is 0 Å². The second kappa shape index (κ2) is 5.25. The van der Waals surface area contributed by atoms with Crippen LogP contribution in [0, 0.1) is 0 Å². The van der Waals surface area contributed by atoms with E-state index in [1.165, 1.54) is 0 Å². The van der Waals surface area contributed by atoms with Gasteiger partial charge in [-0.05, 0) is 19.3 Å². The molecule has 0 saturated carbocycles. The third-order valence-electron chi connectivity index (χ3n) is 2.94. The van der Waals surface area contributed by atoms with Crippen molar-refractivity contribution >= 4 is 5.82 Å². The number of hydrogen-bond acceptors (Lipinski definition) is 4. The Balaban J connectivity index is 2.24. The molecule has 0 spiro atoms. The number of nitrogens with one attached hydrogen (secondary N) is 1. The van der Waals surface area contributed by atoms with Crippen molar-refractivity contribution in [2.75, 3.05) is 25.6 Å². The van der Waals surface area contributed by atoms with Gasteiger partial charge in [0.05, 0.1) is 6.61 Å². The van der Waals surface area contributed by atoms with E-state index < -0.39 is 0 Å². The Morgan fingerprint density at radius 2 is 2.38 bits per heavy atom. The SMILES string of the molecule is CCc1cc(NC)nc(C2CCCOC2)n1. The van der Waals surface area contributed by atoms with Gasteiger partial charge >= 0.3 is 0 Å². The fraction of sp³-hybridized carbons (Fsp3) is 0.667. The molecule has 1 aromatic heterocycles. The monoisotopic (exact) mass is 221 g/mol. The summed E-state index contributed by atoms with van der Waals surface area (Å²) >= 11 is 0. The van der Waals surface area contributed by atoms with Gasteiger partial charge in [0, 0.05) is 31.3 Å². The van der Waals surface area contributed by atoms with Crippen LogP contribution in [0.25, 0.3) is 0 Å². The lowest BCUT2D eigenvalue weighted by Gasteiger charge is -2.21. The Labute approximate surface area is 96.4 Å². The number of aryl methyl sites for hydroxylation is 1. The summed E-state index contributed by atoms with van der Waals surface area (Å²) in [6.45, 7) is 3.75. The molecule has 4 nitrogen and oxygen atoms in total. The standard InChI is InChI=1S/C12H19N3O/c1-3-10-7-11(13-2)15-12(14-10)9-5-4-6-16-8-9/h7,9H,3-6,8H2,1-2H3,(H,13,14,15). The van der Waals surface area contributed by atoms with Crippen LogP contribution in [0.4, 0.5) is 5.82 Å². The topological polar surface area (TPSA) is 47.0 Å². The van der Waals surface area contributed by atoms with E-state index in [4.69, 9.17) is 4.74 Å². The molecule has 4 heteroatoms. The van der Waals surface area contributed by atoms with E-state index in [-0.39, 0.29) is 0 Å². The van der Waals surface area contributed by atoms with Crippen molar-refractivity contribution in [1.82, 2.24) is 9.97 Å². The zero-order valence-corrected chi connectivity index (χ0v) is 9.99. The van der Waals surface area contributed by atoms with Crippen LogP contribution in [-0.2, 0) is 11.2 Å². The number of ether oxygens (including phenoxy) is 1. The summed E-state index contributed by atoms with van der Waals surface area (Å²) in [4.78, 5) is 9.11. The van der Waals surface area contributed by atoms with Gasteiger partial charge in [0.2, 0.25) is 0 Å². The van der Waals surface area contributed by atoms with Gasteiger partial charge in [-0.3, -0.25) is 0 Å². The van der Waals surface area contributed by atoms with Crippen molar-refractivity contribution < 1.29 is 4.74 Å². The van der Waals surface area contributed by atoms with Crippen molar-refractivity contribution in [3.63, 3.8) is 0 Å². The highest BCUT2D eigenvalue weighted by Crippen LogP contribution is 2.23. The minimum absolute atomic E-state index is 0.368. The van der Waals surface area contributed by atoms with Gasteiger partial charge < -0.3 is 10.1 Å². The maximum Gasteiger partial charge on any atom is 0.136 e. The van der Waals surface area contributed by atoms with E-state index in [0.717, 1.165) is 49.8 Å². The molecule has 16 heavy (non-hydrogen) atoms. The third-order valence-corrected chi connectivity index (χ3v) is 2.94. The van der Waals surface area contributed by atoms with Crippen LogP contribution >= 0.6 is 0 Å². The molecule has 1 fully saturated rings. The van der Waals surface area contributed by atoms with E-state index in [1.807, 2.05) is 13.1 Å². The lowest BCUT2D eigenvalue weighted by Crippen LogP contribution is -2.18. The van der Waals surface area contributed by atoms with Crippen molar-refractivity contribution in [2.45, 2.75) is 32.1 Å². The molecule has 1 N–H and O–H groups in total. The molecule has 1 saturated heterocycles. The minimum Gasteiger partial charge on any atom is -0.381 e. The Morgan fingerprint density at radius 1 is 1.50 bits per heavy atom. The normalized spacial score (nSPS) is 20.8. The molecule has 1 aromatic rings. The Hall–Kier alpha value is -1.16. The smallest absolute Gasteiger partial charge is 0.136 e. The first kappa shape index (κ1) is 11.3. The van der Waals surface area contributed by atoms with Gasteiger partial charge in [-0.2, -0.15) is 0 Å². The van der Waals surface area contributed by atoms with Gasteiger partial charge in [0.1, 0.15) is 11.6 Å². The highest BCUT2D eigenvalue weighted by Gasteiger charge is 2.19. The molecule has 0 bridgehead atoms. The number of aromatic nitrogens is 2. The second-order valence-electron chi connectivity index (χ2n) is 4.12. The Kier molecular flexibility index (Phi) is 3.72. The minimum atomic E-state index is 0.368. The second-order valence-corrected chi connectivity index (χ2v) is 4.12. The molecule has 0 radical (unpaired) electrons. The predicted molar refractivity (Wildman–Crippen MR) is 63.8 cm³/mol. The van der Waals surface area contributed by atoms with Crippen LogP contribution in [-0.4, -0.2) is 30.2 Å².